The summed E-state index contributed by atoms with van der Waals surface area (Å²) in [5, 5.41) is 6.00. The first-order valence-electron chi connectivity index (χ1n) is 7.45. The van der Waals surface area contributed by atoms with Crippen molar-refractivity contribution in [1.29, 1.82) is 0 Å². The highest BCUT2D eigenvalue weighted by molar-refractivity contribution is 5.85. The van der Waals surface area contributed by atoms with Crippen LogP contribution in [0.25, 0.3) is 0 Å². The maximum Gasteiger partial charge on any atom is 0.239 e. The second-order valence-electron chi connectivity index (χ2n) is 5.59. The van der Waals surface area contributed by atoms with E-state index in [-0.39, 0.29) is 48.5 Å². The number of halogens is 4. The number of para-hydroxylation sites is 1. The van der Waals surface area contributed by atoms with Crippen molar-refractivity contribution >= 4 is 36.4 Å². The number of benzene rings is 1. The molecule has 2 heterocycles. The van der Waals surface area contributed by atoms with Gasteiger partial charge in [-0.3, -0.25) is 4.79 Å². The summed E-state index contributed by atoms with van der Waals surface area (Å²) in [7, 11) is 0. The topological polar surface area (TPSA) is 53.6 Å². The maximum absolute atomic E-state index is 13.8. The van der Waals surface area contributed by atoms with Crippen LogP contribution < -0.4 is 15.5 Å². The third kappa shape index (κ3) is 4.69. The molecule has 5 nitrogen and oxygen atoms in total. The number of anilines is 1. The van der Waals surface area contributed by atoms with E-state index in [9.17, 15) is 13.6 Å². The predicted octanol–water partition coefficient (Wildman–Crippen LogP) is 1.49. The Hall–Kier alpha value is -1.15. The third-order valence-electron chi connectivity index (χ3n) is 4.03. The van der Waals surface area contributed by atoms with E-state index < -0.39 is 11.6 Å². The van der Waals surface area contributed by atoms with E-state index >= 15 is 0 Å². The number of hydrogen-bond donors (Lipinski definition) is 2. The van der Waals surface area contributed by atoms with Crippen LogP contribution in [0.15, 0.2) is 18.2 Å². The first-order valence-corrected chi connectivity index (χ1v) is 7.45. The Morgan fingerprint density at radius 2 is 2.00 bits per heavy atom. The zero-order chi connectivity index (χ0) is 15.5. The lowest BCUT2D eigenvalue weighted by molar-refractivity contribution is -0.126. The summed E-state index contributed by atoms with van der Waals surface area (Å²) >= 11 is 0. The molecule has 0 spiro atoms. The molecule has 0 saturated carbocycles. The number of rotatable bonds is 3. The van der Waals surface area contributed by atoms with E-state index in [0.717, 1.165) is 0 Å². The molecule has 9 heteroatoms. The SMILES string of the molecule is Cl.Cl.O=C(NC1CCN(c2c(F)cccc2F)C1)C1COCCN1. The van der Waals surface area contributed by atoms with Crippen molar-refractivity contribution in [3.63, 3.8) is 0 Å². The predicted molar refractivity (Wildman–Crippen MR) is 92.2 cm³/mol. The second-order valence-corrected chi connectivity index (χ2v) is 5.59. The normalized spacial score (nSPS) is 23.2. The van der Waals surface area contributed by atoms with Gasteiger partial charge in [0.1, 0.15) is 23.4 Å². The number of morpholine rings is 1. The fourth-order valence-electron chi connectivity index (χ4n) is 2.91. The number of nitrogens with zero attached hydrogens (tertiary/aromatic N) is 1. The van der Waals surface area contributed by atoms with Crippen LogP contribution in [0.4, 0.5) is 14.5 Å². The lowest BCUT2D eigenvalue weighted by Gasteiger charge is -2.25. The fourth-order valence-corrected chi connectivity index (χ4v) is 2.91. The number of amides is 1. The molecule has 2 N–H and O–H groups in total. The van der Waals surface area contributed by atoms with Gasteiger partial charge in [-0.1, -0.05) is 6.07 Å². The van der Waals surface area contributed by atoms with Crippen molar-refractivity contribution in [2.75, 3.05) is 37.7 Å². The maximum atomic E-state index is 13.8. The van der Waals surface area contributed by atoms with E-state index in [1.807, 2.05) is 0 Å². The molecule has 0 bridgehead atoms. The second kappa shape index (κ2) is 9.36. The van der Waals surface area contributed by atoms with Gasteiger partial charge in [0.15, 0.2) is 0 Å². The van der Waals surface area contributed by atoms with Gasteiger partial charge in [0.25, 0.3) is 0 Å². The minimum atomic E-state index is -0.575. The third-order valence-corrected chi connectivity index (χ3v) is 4.03. The van der Waals surface area contributed by atoms with E-state index in [4.69, 9.17) is 4.74 Å². The molecule has 0 radical (unpaired) electrons. The standard InChI is InChI=1S/C15H19F2N3O2.2ClH/c16-11-2-1-3-12(17)14(11)20-6-4-10(8-20)19-15(21)13-9-22-7-5-18-13;;/h1-3,10,13,18H,4-9H2,(H,19,21);2*1H. The van der Waals surface area contributed by atoms with Gasteiger partial charge in [0, 0.05) is 25.7 Å². The molecule has 0 aliphatic carbocycles. The van der Waals surface area contributed by atoms with Gasteiger partial charge in [-0.2, -0.15) is 0 Å². The van der Waals surface area contributed by atoms with Crippen LogP contribution in [0.5, 0.6) is 0 Å². The Morgan fingerprint density at radius 3 is 2.62 bits per heavy atom. The van der Waals surface area contributed by atoms with Crippen LogP contribution in [0.2, 0.25) is 0 Å². The molecule has 2 unspecified atom stereocenters. The zero-order valence-corrected chi connectivity index (χ0v) is 14.6. The molecule has 2 aliphatic rings. The van der Waals surface area contributed by atoms with Crippen LogP contribution in [0.1, 0.15) is 6.42 Å². The summed E-state index contributed by atoms with van der Waals surface area (Å²) in [5.41, 5.74) is -0.0154. The highest BCUT2D eigenvalue weighted by Crippen LogP contribution is 2.26. The highest BCUT2D eigenvalue weighted by Gasteiger charge is 2.30. The van der Waals surface area contributed by atoms with Gasteiger partial charge >= 0.3 is 0 Å². The Kier molecular flexibility index (Phi) is 8.15. The first-order chi connectivity index (χ1) is 10.6. The summed E-state index contributed by atoms with van der Waals surface area (Å²) in [4.78, 5) is 13.8. The van der Waals surface area contributed by atoms with Crippen molar-refractivity contribution in [1.82, 2.24) is 10.6 Å². The minimum Gasteiger partial charge on any atom is -0.378 e. The lowest BCUT2D eigenvalue weighted by atomic mass is 10.2. The van der Waals surface area contributed by atoms with Crippen LogP contribution in [-0.4, -0.2) is 50.8 Å². The molecule has 1 amide bonds. The molecule has 2 fully saturated rings. The van der Waals surface area contributed by atoms with Gasteiger partial charge in [-0.05, 0) is 18.6 Å². The largest absolute Gasteiger partial charge is 0.378 e. The van der Waals surface area contributed by atoms with E-state index in [2.05, 4.69) is 10.6 Å². The molecule has 2 atom stereocenters. The first kappa shape index (κ1) is 20.9. The van der Waals surface area contributed by atoms with Crippen molar-refractivity contribution in [3.05, 3.63) is 29.8 Å². The van der Waals surface area contributed by atoms with E-state index in [0.29, 0.717) is 39.3 Å². The molecule has 1 aromatic carbocycles. The Labute approximate surface area is 151 Å². The van der Waals surface area contributed by atoms with Crippen LogP contribution in [0.3, 0.4) is 0 Å². The summed E-state index contributed by atoms with van der Waals surface area (Å²) in [6.07, 6.45) is 0.660. The molecule has 2 saturated heterocycles. The van der Waals surface area contributed by atoms with Crippen LogP contribution in [-0.2, 0) is 9.53 Å². The number of carbonyl (C=O) groups excluding carboxylic acids is 1. The Morgan fingerprint density at radius 1 is 1.29 bits per heavy atom. The van der Waals surface area contributed by atoms with Crippen molar-refractivity contribution in [2.24, 2.45) is 0 Å². The summed E-state index contributed by atoms with van der Waals surface area (Å²) in [6, 6.07) is 3.36. The number of nitrogens with one attached hydrogen (secondary N) is 2. The average Bonchev–Trinajstić information content (AvgIpc) is 2.96. The molecule has 136 valence electrons. The molecule has 24 heavy (non-hydrogen) atoms. The molecular weight excluding hydrogens is 363 g/mol. The van der Waals surface area contributed by atoms with E-state index in [1.165, 1.54) is 18.2 Å². The van der Waals surface area contributed by atoms with Crippen molar-refractivity contribution in [2.45, 2.75) is 18.5 Å². The average molecular weight is 384 g/mol. The number of hydrogen-bond acceptors (Lipinski definition) is 4. The van der Waals surface area contributed by atoms with Crippen LogP contribution >= 0.6 is 24.8 Å². The monoisotopic (exact) mass is 383 g/mol. The molecule has 2 aliphatic heterocycles. The van der Waals surface area contributed by atoms with Crippen molar-refractivity contribution < 1.29 is 18.3 Å². The van der Waals surface area contributed by atoms with E-state index in [1.54, 1.807) is 4.90 Å². The summed E-state index contributed by atoms with van der Waals surface area (Å²) < 4.78 is 32.8. The van der Waals surface area contributed by atoms with Gasteiger partial charge in [0.2, 0.25) is 5.91 Å². The van der Waals surface area contributed by atoms with Crippen LogP contribution in [0, 0.1) is 11.6 Å². The molecule has 3 rings (SSSR count). The molecular formula is C15H21Cl2F2N3O2. The van der Waals surface area contributed by atoms with Gasteiger partial charge < -0.3 is 20.3 Å². The molecule has 0 aromatic heterocycles. The Bertz CT molecular complexity index is 539. The Balaban J connectivity index is 0.00000144. The van der Waals surface area contributed by atoms with Crippen molar-refractivity contribution in [3.8, 4) is 0 Å². The van der Waals surface area contributed by atoms with Gasteiger partial charge in [0.05, 0.1) is 13.2 Å². The summed E-state index contributed by atoms with van der Waals surface area (Å²) in [6.45, 7) is 2.52. The van der Waals surface area contributed by atoms with Gasteiger partial charge in [-0.15, -0.1) is 24.8 Å². The number of ether oxygens (including phenoxy) is 1. The highest BCUT2D eigenvalue weighted by atomic mass is 35.5. The fraction of sp³-hybridized carbons (Fsp3) is 0.533. The molecule has 1 aromatic rings. The minimum absolute atomic E-state index is 0. The lowest BCUT2D eigenvalue weighted by Crippen LogP contribution is -2.53. The quantitative estimate of drug-likeness (QED) is 0.830. The smallest absolute Gasteiger partial charge is 0.239 e. The zero-order valence-electron chi connectivity index (χ0n) is 13.0. The number of carbonyl (C=O) groups is 1. The summed E-state index contributed by atoms with van der Waals surface area (Å²) in [5.74, 6) is -1.27. The van der Waals surface area contributed by atoms with Gasteiger partial charge in [-0.25, -0.2) is 8.78 Å².